The second-order valence-corrected chi connectivity index (χ2v) is 6.71. The third kappa shape index (κ3) is 2.80. The molecule has 1 amide bonds. The van der Waals surface area contributed by atoms with E-state index in [0.717, 1.165) is 10.2 Å². The van der Waals surface area contributed by atoms with Gasteiger partial charge in [0.15, 0.2) is 5.60 Å². The van der Waals surface area contributed by atoms with Gasteiger partial charge in [0.25, 0.3) is 5.91 Å². The highest BCUT2D eigenvalue weighted by Gasteiger charge is 2.51. The Labute approximate surface area is 136 Å². The van der Waals surface area contributed by atoms with Crippen LogP contribution < -0.4 is 11.1 Å². The molecule has 3 atom stereocenters. The van der Waals surface area contributed by atoms with Crippen LogP contribution in [0.2, 0.25) is 0 Å². The van der Waals surface area contributed by atoms with Gasteiger partial charge in [-0.1, -0.05) is 0 Å². The van der Waals surface area contributed by atoms with Crippen molar-refractivity contribution in [1.29, 1.82) is 0 Å². The number of nitrogens with zero attached hydrogens (tertiary/aromatic N) is 1. The maximum atomic E-state index is 12.6. The number of anilines is 1. The second kappa shape index (κ2) is 5.88. The molecule has 1 aliphatic rings. The Balaban J connectivity index is 1.89. The minimum absolute atomic E-state index is 0.0234. The molecule has 0 bridgehead atoms. The summed E-state index contributed by atoms with van der Waals surface area (Å²) < 4.78 is 0.781. The molecule has 2 aromatic heterocycles. The summed E-state index contributed by atoms with van der Waals surface area (Å²) in [5, 5.41) is 24.6. The molecule has 7 nitrogen and oxygen atoms in total. The van der Waals surface area contributed by atoms with Crippen molar-refractivity contribution in [3.05, 3.63) is 23.7 Å². The molecule has 1 saturated carbocycles. The van der Waals surface area contributed by atoms with Crippen molar-refractivity contribution in [3.8, 4) is 0 Å². The first-order valence-electron chi connectivity index (χ1n) is 7.26. The van der Waals surface area contributed by atoms with Crippen LogP contribution in [0, 0.1) is 5.92 Å². The molecule has 0 aliphatic heterocycles. The Kier molecular flexibility index (Phi) is 4.05. The lowest BCUT2D eigenvalue weighted by Crippen LogP contribution is -2.56. The predicted octanol–water partition coefficient (Wildman–Crippen LogP) is 1.18. The zero-order chi connectivity index (χ0) is 16.6. The molecule has 0 spiro atoms. The lowest BCUT2D eigenvalue weighted by Gasteiger charge is -2.38. The van der Waals surface area contributed by atoms with E-state index in [1.807, 2.05) is 11.4 Å². The topological polar surface area (TPSA) is 126 Å². The number of nitrogens with one attached hydrogen (secondary N) is 1. The lowest BCUT2D eigenvalue weighted by molar-refractivity contribution is -0.164. The van der Waals surface area contributed by atoms with E-state index in [1.54, 1.807) is 12.3 Å². The molecule has 3 unspecified atom stereocenters. The van der Waals surface area contributed by atoms with Gasteiger partial charge in [-0.3, -0.25) is 14.6 Å². The fourth-order valence-electron chi connectivity index (χ4n) is 2.97. The molecule has 0 aromatic carbocycles. The number of aromatic nitrogens is 1. The van der Waals surface area contributed by atoms with Crippen LogP contribution in [0.1, 0.15) is 19.3 Å². The van der Waals surface area contributed by atoms with Crippen molar-refractivity contribution in [2.24, 2.45) is 11.7 Å². The number of amides is 1. The van der Waals surface area contributed by atoms with Gasteiger partial charge in [-0.05, 0) is 36.8 Å². The van der Waals surface area contributed by atoms with Gasteiger partial charge < -0.3 is 21.3 Å². The first-order chi connectivity index (χ1) is 10.9. The minimum atomic E-state index is -1.96. The summed E-state index contributed by atoms with van der Waals surface area (Å²) in [4.78, 5) is 28.2. The first kappa shape index (κ1) is 15.9. The van der Waals surface area contributed by atoms with E-state index in [9.17, 15) is 19.8 Å². The van der Waals surface area contributed by atoms with Crippen molar-refractivity contribution in [2.75, 3.05) is 5.32 Å². The fraction of sp³-hybridized carbons (Fsp3) is 0.400. The summed E-state index contributed by atoms with van der Waals surface area (Å²) in [5.74, 6) is -3.14. The summed E-state index contributed by atoms with van der Waals surface area (Å²) in [6.07, 6.45) is 2.05. The summed E-state index contributed by atoms with van der Waals surface area (Å²) in [6.45, 7) is 0. The lowest BCUT2D eigenvalue weighted by atomic mass is 9.73. The van der Waals surface area contributed by atoms with Crippen LogP contribution >= 0.6 is 11.3 Å². The van der Waals surface area contributed by atoms with Crippen molar-refractivity contribution < 1.29 is 19.8 Å². The number of carbonyl (C=O) groups is 2. The molecule has 3 rings (SSSR count). The molecule has 2 aromatic rings. The van der Waals surface area contributed by atoms with Gasteiger partial charge in [-0.2, -0.15) is 0 Å². The van der Waals surface area contributed by atoms with Crippen LogP contribution in [0.15, 0.2) is 23.7 Å². The molecule has 23 heavy (non-hydrogen) atoms. The molecular weight excluding hydrogens is 318 g/mol. The molecule has 122 valence electrons. The third-order valence-corrected chi connectivity index (χ3v) is 5.23. The largest absolute Gasteiger partial charge is 0.481 e. The van der Waals surface area contributed by atoms with E-state index in [-0.39, 0.29) is 18.9 Å². The highest BCUT2D eigenvalue weighted by molar-refractivity contribution is 7.17. The fourth-order valence-corrected chi connectivity index (χ4v) is 3.80. The van der Waals surface area contributed by atoms with Crippen LogP contribution in [-0.2, 0) is 9.59 Å². The maximum Gasteiger partial charge on any atom is 0.310 e. The molecule has 1 aliphatic carbocycles. The summed E-state index contributed by atoms with van der Waals surface area (Å²) in [6, 6.07) is 3.13. The number of carbonyl (C=O) groups excluding carboxylic acids is 1. The second-order valence-electron chi connectivity index (χ2n) is 5.80. The van der Waals surface area contributed by atoms with Crippen LogP contribution in [0.25, 0.3) is 10.2 Å². The standard InChI is InChI=1S/C15H17N3O4S/c16-8-1-4-15(22,9(7-8)13(19)20)14(21)18-11-2-5-17-10-3-6-23-12(10)11/h2-3,5-6,8-9,22H,1,4,7,16H2,(H,19,20)(H,17,18,21). The number of fused-ring (bicyclic) bond motifs is 1. The molecule has 0 saturated heterocycles. The van der Waals surface area contributed by atoms with E-state index in [2.05, 4.69) is 10.3 Å². The number of carboxylic acid groups (broad SMARTS) is 1. The number of aliphatic carboxylic acids is 1. The Bertz CT molecular complexity index is 762. The summed E-state index contributed by atoms with van der Waals surface area (Å²) in [5.41, 5.74) is 5.07. The Morgan fingerprint density at radius 2 is 2.22 bits per heavy atom. The van der Waals surface area contributed by atoms with Crippen molar-refractivity contribution in [2.45, 2.75) is 30.9 Å². The zero-order valence-electron chi connectivity index (χ0n) is 12.2. The van der Waals surface area contributed by atoms with Gasteiger partial charge in [0, 0.05) is 12.2 Å². The Hall–Kier alpha value is -2.03. The number of carboxylic acids is 1. The van der Waals surface area contributed by atoms with Crippen LogP contribution in [0.4, 0.5) is 5.69 Å². The average Bonchev–Trinajstić information content (AvgIpc) is 2.99. The highest BCUT2D eigenvalue weighted by atomic mass is 32.1. The number of rotatable bonds is 3. The van der Waals surface area contributed by atoms with E-state index >= 15 is 0 Å². The summed E-state index contributed by atoms with van der Waals surface area (Å²) in [7, 11) is 0. The van der Waals surface area contributed by atoms with Gasteiger partial charge in [0.2, 0.25) is 0 Å². The van der Waals surface area contributed by atoms with Crippen molar-refractivity contribution in [3.63, 3.8) is 0 Å². The molecule has 5 N–H and O–H groups in total. The number of hydrogen-bond acceptors (Lipinski definition) is 6. The highest BCUT2D eigenvalue weighted by Crippen LogP contribution is 2.36. The average molecular weight is 335 g/mol. The molecular formula is C15H17N3O4S. The van der Waals surface area contributed by atoms with Crippen LogP contribution in [0.5, 0.6) is 0 Å². The Morgan fingerprint density at radius 3 is 2.96 bits per heavy atom. The number of nitrogens with two attached hydrogens (primary N) is 1. The first-order valence-corrected chi connectivity index (χ1v) is 8.14. The van der Waals surface area contributed by atoms with Crippen molar-refractivity contribution in [1.82, 2.24) is 4.98 Å². The van der Waals surface area contributed by atoms with E-state index < -0.39 is 23.4 Å². The number of thiophene rings is 1. The van der Waals surface area contributed by atoms with Gasteiger partial charge in [-0.15, -0.1) is 11.3 Å². The quantitative estimate of drug-likeness (QED) is 0.667. The normalized spacial score (nSPS) is 27.7. The van der Waals surface area contributed by atoms with Crippen LogP contribution in [0.3, 0.4) is 0 Å². The zero-order valence-corrected chi connectivity index (χ0v) is 13.0. The van der Waals surface area contributed by atoms with E-state index in [4.69, 9.17) is 5.73 Å². The summed E-state index contributed by atoms with van der Waals surface area (Å²) >= 11 is 1.41. The van der Waals surface area contributed by atoms with Crippen molar-refractivity contribution >= 4 is 39.1 Å². The molecule has 0 radical (unpaired) electrons. The maximum absolute atomic E-state index is 12.6. The molecule has 8 heteroatoms. The molecule has 2 heterocycles. The van der Waals surface area contributed by atoms with Gasteiger partial charge >= 0.3 is 5.97 Å². The van der Waals surface area contributed by atoms with E-state index in [1.165, 1.54) is 11.3 Å². The monoisotopic (exact) mass is 335 g/mol. The van der Waals surface area contributed by atoms with Gasteiger partial charge in [-0.25, -0.2) is 0 Å². The Morgan fingerprint density at radius 1 is 1.43 bits per heavy atom. The number of hydrogen-bond donors (Lipinski definition) is 4. The number of aliphatic hydroxyl groups is 1. The van der Waals surface area contributed by atoms with Gasteiger partial charge in [0.05, 0.1) is 21.8 Å². The van der Waals surface area contributed by atoms with Crippen LogP contribution in [-0.4, -0.2) is 38.7 Å². The predicted molar refractivity (Wildman–Crippen MR) is 86.2 cm³/mol. The minimum Gasteiger partial charge on any atom is -0.481 e. The number of pyridine rings is 1. The van der Waals surface area contributed by atoms with E-state index in [0.29, 0.717) is 12.1 Å². The third-order valence-electron chi connectivity index (χ3n) is 4.29. The van der Waals surface area contributed by atoms with Gasteiger partial charge in [0.1, 0.15) is 0 Å². The molecule has 1 fully saturated rings. The smallest absolute Gasteiger partial charge is 0.310 e. The SMILES string of the molecule is NC1CCC(O)(C(=O)Nc2ccnc3ccsc23)C(C(=O)O)C1.